The van der Waals surface area contributed by atoms with Gasteiger partial charge < -0.3 is 10.5 Å². The summed E-state index contributed by atoms with van der Waals surface area (Å²) in [5, 5.41) is 0.158. The van der Waals surface area contributed by atoms with Crippen LogP contribution in [0, 0.1) is 0 Å². The predicted octanol–water partition coefficient (Wildman–Crippen LogP) is 1.40. The lowest BCUT2D eigenvalue weighted by molar-refractivity contribution is 0.413. The van der Waals surface area contributed by atoms with E-state index in [4.69, 9.17) is 22.1 Å². The molecule has 0 aromatic heterocycles. The van der Waals surface area contributed by atoms with Crippen molar-refractivity contribution in [3.8, 4) is 5.75 Å². The van der Waals surface area contributed by atoms with Crippen LogP contribution in [0.5, 0.6) is 5.75 Å². The predicted molar refractivity (Wildman–Crippen MR) is 74.1 cm³/mol. The van der Waals surface area contributed by atoms with Crippen molar-refractivity contribution < 1.29 is 13.2 Å². The minimum atomic E-state index is -3.61. The summed E-state index contributed by atoms with van der Waals surface area (Å²) in [6.07, 6.45) is 0.570. The average molecular weight is 315 g/mol. The second-order valence-electron chi connectivity index (χ2n) is 3.34. The summed E-state index contributed by atoms with van der Waals surface area (Å²) in [5.41, 5.74) is 5.29. The van der Waals surface area contributed by atoms with E-state index in [0.29, 0.717) is 18.7 Å². The first kappa shape index (κ1) is 17.5. The summed E-state index contributed by atoms with van der Waals surface area (Å²) in [7, 11) is -2.15. The summed E-state index contributed by atoms with van der Waals surface area (Å²) in [5.74, 6) is 0.439. The molecule has 0 saturated carbocycles. The number of methoxy groups -OCH3 is 1. The van der Waals surface area contributed by atoms with Gasteiger partial charge in [0.25, 0.3) is 0 Å². The van der Waals surface area contributed by atoms with Crippen molar-refractivity contribution in [2.75, 3.05) is 20.2 Å². The van der Waals surface area contributed by atoms with Crippen LogP contribution in [-0.4, -0.2) is 28.6 Å². The van der Waals surface area contributed by atoms with E-state index < -0.39 is 10.0 Å². The van der Waals surface area contributed by atoms with Crippen LogP contribution in [0.2, 0.25) is 5.02 Å². The number of nitrogens with two attached hydrogens (primary N) is 1. The zero-order valence-electron chi connectivity index (χ0n) is 9.85. The van der Waals surface area contributed by atoms with E-state index in [1.807, 2.05) is 0 Å². The van der Waals surface area contributed by atoms with Gasteiger partial charge in [-0.25, -0.2) is 13.1 Å². The number of hydrogen-bond donors (Lipinski definition) is 2. The Kier molecular flexibility index (Phi) is 7.58. The van der Waals surface area contributed by atoms with Crippen molar-refractivity contribution in [1.82, 2.24) is 4.72 Å². The summed E-state index contributed by atoms with van der Waals surface area (Å²) in [6, 6.07) is 4.46. The Labute approximate surface area is 118 Å². The number of halogens is 2. The Morgan fingerprint density at radius 2 is 2.11 bits per heavy atom. The molecule has 0 aliphatic rings. The Hall–Kier alpha value is -0.530. The van der Waals surface area contributed by atoms with Crippen LogP contribution >= 0.6 is 24.0 Å². The molecule has 8 heteroatoms. The van der Waals surface area contributed by atoms with Crippen molar-refractivity contribution in [3.05, 3.63) is 23.2 Å². The second kappa shape index (κ2) is 7.81. The lowest BCUT2D eigenvalue weighted by Crippen LogP contribution is -2.26. The van der Waals surface area contributed by atoms with E-state index in [-0.39, 0.29) is 28.9 Å². The van der Waals surface area contributed by atoms with Crippen LogP contribution in [0.3, 0.4) is 0 Å². The van der Waals surface area contributed by atoms with E-state index in [9.17, 15) is 8.42 Å². The molecule has 0 aliphatic heterocycles. The molecular weight excluding hydrogens is 299 g/mol. The highest BCUT2D eigenvalue weighted by Gasteiger charge is 2.18. The largest absolute Gasteiger partial charge is 0.497 e. The van der Waals surface area contributed by atoms with Crippen molar-refractivity contribution >= 4 is 34.0 Å². The van der Waals surface area contributed by atoms with Crippen LogP contribution < -0.4 is 15.2 Å². The number of ether oxygens (including phenoxy) is 1. The summed E-state index contributed by atoms with van der Waals surface area (Å²) < 4.78 is 31.2. The topological polar surface area (TPSA) is 81.4 Å². The molecule has 0 radical (unpaired) electrons. The summed E-state index contributed by atoms with van der Waals surface area (Å²) in [6.45, 7) is 0.709. The molecule has 0 saturated heterocycles. The molecule has 0 aliphatic carbocycles. The van der Waals surface area contributed by atoms with Crippen molar-refractivity contribution in [3.63, 3.8) is 0 Å². The maximum absolute atomic E-state index is 11.9. The monoisotopic (exact) mass is 314 g/mol. The summed E-state index contributed by atoms with van der Waals surface area (Å²) in [4.78, 5) is 0.00976. The molecule has 104 valence electrons. The maximum Gasteiger partial charge on any atom is 0.242 e. The Morgan fingerprint density at radius 1 is 1.44 bits per heavy atom. The minimum absolute atomic E-state index is 0. The molecule has 0 unspecified atom stereocenters. The molecule has 5 nitrogen and oxygen atoms in total. The molecule has 18 heavy (non-hydrogen) atoms. The first-order chi connectivity index (χ1) is 8.01. The molecule has 0 bridgehead atoms. The van der Waals surface area contributed by atoms with Crippen molar-refractivity contribution in [1.29, 1.82) is 0 Å². The van der Waals surface area contributed by atoms with Crippen LogP contribution in [0.15, 0.2) is 23.1 Å². The fraction of sp³-hybridized carbons (Fsp3) is 0.400. The first-order valence-corrected chi connectivity index (χ1v) is 6.90. The van der Waals surface area contributed by atoms with Crippen LogP contribution in [-0.2, 0) is 10.0 Å². The quantitative estimate of drug-likeness (QED) is 0.778. The van der Waals surface area contributed by atoms with Gasteiger partial charge in [0, 0.05) is 12.6 Å². The third-order valence-electron chi connectivity index (χ3n) is 2.10. The highest BCUT2D eigenvalue weighted by Crippen LogP contribution is 2.25. The molecule has 0 atom stereocenters. The van der Waals surface area contributed by atoms with Gasteiger partial charge in [0.2, 0.25) is 10.0 Å². The van der Waals surface area contributed by atoms with Gasteiger partial charge in [-0.1, -0.05) is 11.6 Å². The van der Waals surface area contributed by atoms with Crippen molar-refractivity contribution in [2.24, 2.45) is 5.73 Å². The van der Waals surface area contributed by atoms with Crippen LogP contribution in [0.1, 0.15) is 6.42 Å². The molecule has 0 heterocycles. The van der Waals surface area contributed by atoms with Crippen LogP contribution in [0.4, 0.5) is 0 Å². The van der Waals surface area contributed by atoms with E-state index in [1.165, 1.54) is 19.2 Å². The molecule has 1 aromatic rings. The smallest absolute Gasteiger partial charge is 0.242 e. The average Bonchev–Trinajstić information content (AvgIpc) is 2.29. The normalized spacial score (nSPS) is 10.8. The fourth-order valence-electron chi connectivity index (χ4n) is 1.20. The molecule has 3 N–H and O–H groups in total. The van der Waals surface area contributed by atoms with Gasteiger partial charge in [-0.05, 0) is 25.1 Å². The van der Waals surface area contributed by atoms with E-state index in [2.05, 4.69) is 4.72 Å². The van der Waals surface area contributed by atoms with Gasteiger partial charge in [0.15, 0.2) is 0 Å². The van der Waals surface area contributed by atoms with E-state index in [1.54, 1.807) is 6.07 Å². The number of benzene rings is 1. The van der Waals surface area contributed by atoms with E-state index in [0.717, 1.165) is 0 Å². The Bertz CT molecular complexity index is 480. The minimum Gasteiger partial charge on any atom is -0.497 e. The van der Waals surface area contributed by atoms with Crippen LogP contribution in [0.25, 0.3) is 0 Å². The second-order valence-corrected chi connectivity index (χ2v) is 5.48. The SMILES string of the molecule is COc1ccc(Cl)c(S(=O)(=O)NCCCN)c1.Cl. The highest BCUT2D eigenvalue weighted by atomic mass is 35.5. The van der Waals surface area contributed by atoms with Gasteiger partial charge in [0.05, 0.1) is 12.1 Å². The zero-order valence-corrected chi connectivity index (χ0v) is 12.2. The first-order valence-electron chi connectivity index (χ1n) is 5.04. The van der Waals surface area contributed by atoms with Gasteiger partial charge in [-0.15, -0.1) is 12.4 Å². The number of rotatable bonds is 6. The molecule has 1 aromatic carbocycles. The van der Waals surface area contributed by atoms with Gasteiger partial charge in [-0.3, -0.25) is 0 Å². The van der Waals surface area contributed by atoms with Crippen molar-refractivity contribution in [2.45, 2.75) is 11.3 Å². The van der Waals surface area contributed by atoms with E-state index >= 15 is 0 Å². The highest BCUT2D eigenvalue weighted by molar-refractivity contribution is 7.89. The fourth-order valence-corrected chi connectivity index (χ4v) is 2.79. The standard InChI is InChI=1S/C10H15ClN2O3S.ClH/c1-16-8-3-4-9(11)10(7-8)17(14,15)13-6-2-5-12;/h3-4,7,13H,2,5-6,12H2,1H3;1H. The Balaban J connectivity index is 0.00000289. The van der Waals surface area contributed by atoms with Gasteiger partial charge in [0.1, 0.15) is 10.6 Å². The zero-order chi connectivity index (χ0) is 12.9. The lowest BCUT2D eigenvalue weighted by Gasteiger charge is -2.09. The third kappa shape index (κ3) is 4.62. The number of sulfonamides is 1. The molecule has 0 fully saturated rings. The number of hydrogen-bond acceptors (Lipinski definition) is 4. The Morgan fingerprint density at radius 3 is 2.67 bits per heavy atom. The summed E-state index contributed by atoms with van der Waals surface area (Å²) >= 11 is 5.85. The number of nitrogens with one attached hydrogen (secondary N) is 1. The molecule has 0 amide bonds. The van der Waals surface area contributed by atoms with Gasteiger partial charge >= 0.3 is 0 Å². The third-order valence-corrected chi connectivity index (χ3v) is 4.04. The molecule has 0 spiro atoms. The maximum atomic E-state index is 11.9. The van der Waals surface area contributed by atoms with Gasteiger partial charge in [-0.2, -0.15) is 0 Å². The lowest BCUT2D eigenvalue weighted by atomic mass is 10.3. The molecule has 1 rings (SSSR count). The molecular formula is C10H16Cl2N2O3S.